The Bertz CT molecular complexity index is 1060. The SMILES string of the molecule is Cc1cc(=O)c(C(=O)NCc2cccc(C(N)=O)c2)nn1-c1ccccc1. The maximum absolute atomic E-state index is 12.5. The molecule has 3 aromatic rings. The number of rotatable bonds is 5. The lowest BCUT2D eigenvalue weighted by Crippen LogP contribution is -2.31. The van der Waals surface area contributed by atoms with Crippen molar-refractivity contribution in [3.05, 3.63) is 93.4 Å². The molecule has 0 bridgehead atoms. The van der Waals surface area contributed by atoms with Crippen LogP contribution in [0.3, 0.4) is 0 Å². The van der Waals surface area contributed by atoms with Gasteiger partial charge in [-0.15, -0.1) is 0 Å². The minimum absolute atomic E-state index is 0.139. The molecule has 1 aromatic heterocycles. The van der Waals surface area contributed by atoms with E-state index in [1.165, 1.54) is 6.07 Å². The zero-order valence-electron chi connectivity index (χ0n) is 14.7. The average molecular weight is 362 g/mol. The normalized spacial score (nSPS) is 10.4. The number of carbonyl (C=O) groups is 2. The van der Waals surface area contributed by atoms with Crippen LogP contribution in [0.15, 0.2) is 65.5 Å². The van der Waals surface area contributed by atoms with Gasteiger partial charge in [-0.2, -0.15) is 5.10 Å². The number of aromatic nitrogens is 2. The first kappa shape index (κ1) is 18.1. The lowest BCUT2D eigenvalue weighted by atomic mass is 10.1. The molecule has 27 heavy (non-hydrogen) atoms. The molecule has 0 atom stereocenters. The van der Waals surface area contributed by atoms with Crippen molar-refractivity contribution in [1.82, 2.24) is 15.1 Å². The number of primary amides is 1. The highest BCUT2D eigenvalue weighted by Crippen LogP contribution is 2.08. The smallest absolute Gasteiger partial charge is 0.276 e. The van der Waals surface area contributed by atoms with Crippen LogP contribution >= 0.6 is 0 Å². The standard InChI is InChI=1S/C20H18N4O3/c1-13-10-17(25)18(23-24(13)16-8-3-2-4-9-16)20(27)22-12-14-6-5-7-15(11-14)19(21)26/h2-11H,12H2,1H3,(H2,21,26)(H,22,27). The first-order valence-electron chi connectivity index (χ1n) is 8.29. The van der Waals surface area contributed by atoms with Crippen LogP contribution in [0.2, 0.25) is 0 Å². The number of nitrogens with one attached hydrogen (secondary N) is 1. The first-order valence-corrected chi connectivity index (χ1v) is 8.29. The van der Waals surface area contributed by atoms with Gasteiger partial charge in [0.1, 0.15) is 0 Å². The number of amides is 2. The van der Waals surface area contributed by atoms with Crippen LogP contribution in [0.4, 0.5) is 0 Å². The second kappa shape index (κ2) is 7.65. The molecule has 7 nitrogen and oxygen atoms in total. The van der Waals surface area contributed by atoms with E-state index in [2.05, 4.69) is 10.4 Å². The summed E-state index contributed by atoms with van der Waals surface area (Å²) in [6, 6.07) is 17.2. The predicted octanol–water partition coefficient (Wildman–Crippen LogP) is 1.57. The van der Waals surface area contributed by atoms with Crippen LogP contribution in [0.25, 0.3) is 5.69 Å². The summed E-state index contributed by atoms with van der Waals surface area (Å²) in [7, 11) is 0. The molecule has 0 saturated heterocycles. The van der Waals surface area contributed by atoms with Crippen molar-refractivity contribution in [3.63, 3.8) is 0 Å². The van der Waals surface area contributed by atoms with E-state index in [0.717, 1.165) is 5.69 Å². The van der Waals surface area contributed by atoms with Gasteiger partial charge in [0.25, 0.3) is 5.91 Å². The van der Waals surface area contributed by atoms with Crippen molar-refractivity contribution in [1.29, 1.82) is 0 Å². The number of nitrogens with two attached hydrogens (primary N) is 1. The van der Waals surface area contributed by atoms with E-state index in [0.29, 0.717) is 16.8 Å². The molecule has 1 heterocycles. The molecule has 0 aliphatic rings. The lowest BCUT2D eigenvalue weighted by molar-refractivity contribution is 0.0942. The molecule has 2 amide bonds. The van der Waals surface area contributed by atoms with Gasteiger partial charge in [0, 0.05) is 23.9 Å². The Hall–Kier alpha value is -3.74. The Kier molecular flexibility index (Phi) is 5.12. The van der Waals surface area contributed by atoms with Crippen molar-refractivity contribution < 1.29 is 9.59 Å². The summed E-state index contributed by atoms with van der Waals surface area (Å²) in [6.07, 6.45) is 0. The number of carbonyl (C=O) groups excluding carboxylic acids is 2. The van der Waals surface area contributed by atoms with E-state index in [1.807, 2.05) is 30.3 Å². The Labute approximate surface area is 155 Å². The number of aryl methyl sites for hydroxylation is 1. The second-order valence-electron chi connectivity index (χ2n) is 5.99. The largest absolute Gasteiger partial charge is 0.366 e. The van der Waals surface area contributed by atoms with Gasteiger partial charge in [-0.3, -0.25) is 14.4 Å². The highest BCUT2D eigenvalue weighted by Gasteiger charge is 2.15. The van der Waals surface area contributed by atoms with E-state index in [-0.39, 0.29) is 12.2 Å². The average Bonchev–Trinajstić information content (AvgIpc) is 2.67. The van der Waals surface area contributed by atoms with Crippen LogP contribution < -0.4 is 16.5 Å². The predicted molar refractivity (Wildman–Crippen MR) is 101 cm³/mol. The van der Waals surface area contributed by atoms with Crippen LogP contribution in [0, 0.1) is 6.92 Å². The third kappa shape index (κ3) is 4.09. The monoisotopic (exact) mass is 362 g/mol. The number of para-hydroxylation sites is 1. The van der Waals surface area contributed by atoms with Crippen molar-refractivity contribution in [3.8, 4) is 5.69 Å². The van der Waals surface area contributed by atoms with Crippen LogP contribution in [-0.2, 0) is 6.54 Å². The van der Waals surface area contributed by atoms with E-state index in [1.54, 1.807) is 35.9 Å². The summed E-state index contributed by atoms with van der Waals surface area (Å²) in [5, 5.41) is 6.87. The molecule has 3 N–H and O–H groups in total. The lowest BCUT2D eigenvalue weighted by Gasteiger charge is -2.11. The summed E-state index contributed by atoms with van der Waals surface area (Å²) in [6.45, 7) is 1.89. The van der Waals surface area contributed by atoms with E-state index < -0.39 is 17.2 Å². The number of hydrogen-bond acceptors (Lipinski definition) is 4. The Balaban J connectivity index is 1.84. The number of benzene rings is 2. The van der Waals surface area contributed by atoms with E-state index in [4.69, 9.17) is 5.73 Å². The summed E-state index contributed by atoms with van der Waals surface area (Å²) in [4.78, 5) is 35.9. The third-order valence-corrected chi connectivity index (χ3v) is 3.99. The molecule has 0 unspecified atom stereocenters. The quantitative estimate of drug-likeness (QED) is 0.718. The fourth-order valence-corrected chi connectivity index (χ4v) is 2.64. The molecular weight excluding hydrogens is 344 g/mol. The zero-order valence-corrected chi connectivity index (χ0v) is 14.7. The molecule has 0 aliphatic carbocycles. The highest BCUT2D eigenvalue weighted by atomic mass is 16.2. The van der Waals surface area contributed by atoms with Gasteiger partial charge in [0.15, 0.2) is 5.69 Å². The van der Waals surface area contributed by atoms with Gasteiger partial charge < -0.3 is 11.1 Å². The molecule has 0 fully saturated rings. The fourth-order valence-electron chi connectivity index (χ4n) is 2.64. The molecular formula is C20H18N4O3. The summed E-state index contributed by atoms with van der Waals surface area (Å²) >= 11 is 0. The minimum atomic E-state index is -0.589. The van der Waals surface area contributed by atoms with Crippen molar-refractivity contribution in [2.24, 2.45) is 5.73 Å². The van der Waals surface area contributed by atoms with Crippen LogP contribution in [0.1, 0.15) is 32.1 Å². The van der Waals surface area contributed by atoms with Gasteiger partial charge in [-0.05, 0) is 36.8 Å². The van der Waals surface area contributed by atoms with Crippen molar-refractivity contribution in [2.45, 2.75) is 13.5 Å². The molecule has 0 saturated carbocycles. The zero-order chi connectivity index (χ0) is 19.4. The maximum atomic E-state index is 12.5. The minimum Gasteiger partial charge on any atom is -0.366 e. The first-order chi connectivity index (χ1) is 13.0. The van der Waals surface area contributed by atoms with Gasteiger partial charge in [-0.25, -0.2) is 4.68 Å². The van der Waals surface area contributed by atoms with Gasteiger partial charge in [-0.1, -0.05) is 30.3 Å². The van der Waals surface area contributed by atoms with E-state index in [9.17, 15) is 14.4 Å². The number of nitrogens with zero attached hydrogens (tertiary/aromatic N) is 2. The molecule has 0 radical (unpaired) electrons. The van der Waals surface area contributed by atoms with Gasteiger partial charge in [0.05, 0.1) is 5.69 Å². The molecule has 3 rings (SSSR count). The molecule has 2 aromatic carbocycles. The van der Waals surface area contributed by atoms with Gasteiger partial charge >= 0.3 is 0 Å². The van der Waals surface area contributed by atoms with Gasteiger partial charge in [0.2, 0.25) is 11.3 Å². The maximum Gasteiger partial charge on any atom is 0.276 e. The highest BCUT2D eigenvalue weighted by molar-refractivity contribution is 5.93. The molecule has 0 aliphatic heterocycles. The molecule has 0 spiro atoms. The van der Waals surface area contributed by atoms with Crippen LogP contribution in [0.5, 0.6) is 0 Å². The van der Waals surface area contributed by atoms with E-state index >= 15 is 0 Å². The fraction of sp³-hybridized carbons (Fsp3) is 0.100. The third-order valence-electron chi connectivity index (χ3n) is 3.99. The Morgan fingerprint density at radius 1 is 1.07 bits per heavy atom. The Morgan fingerprint density at radius 2 is 1.81 bits per heavy atom. The second-order valence-corrected chi connectivity index (χ2v) is 5.99. The van der Waals surface area contributed by atoms with Crippen molar-refractivity contribution in [2.75, 3.05) is 0 Å². The van der Waals surface area contributed by atoms with Crippen molar-refractivity contribution >= 4 is 11.8 Å². The molecule has 7 heteroatoms. The Morgan fingerprint density at radius 3 is 2.52 bits per heavy atom. The topological polar surface area (TPSA) is 107 Å². The summed E-state index contributed by atoms with van der Waals surface area (Å²) < 4.78 is 1.55. The summed E-state index contributed by atoms with van der Waals surface area (Å²) in [5.41, 5.74) is 7.01. The molecule has 136 valence electrons. The van der Waals surface area contributed by atoms with Crippen LogP contribution in [-0.4, -0.2) is 21.6 Å². The summed E-state index contributed by atoms with van der Waals surface area (Å²) in [5.74, 6) is -1.14. The number of hydrogen-bond donors (Lipinski definition) is 2.